The Morgan fingerprint density at radius 3 is 2.64 bits per heavy atom. The largest absolute Gasteiger partial charge is 0.388 e. The predicted molar refractivity (Wildman–Crippen MR) is 86.8 cm³/mol. The Bertz CT molecular complexity index is 631. The van der Waals surface area contributed by atoms with Crippen LogP contribution in [0.4, 0.5) is 5.69 Å². The van der Waals surface area contributed by atoms with Crippen LogP contribution in [0.25, 0.3) is 0 Å². The van der Waals surface area contributed by atoms with E-state index in [4.69, 9.17) is 16.3 Å². The molecule has 1 amide bonds. The Balaban J connectivity index is 2.05. The van der Waals surface area contributed by atoms with Gasteiger partial charge in [-0.2, -0.15) is 0 Å². The summed E-state index contributed by atoms with van der Waals surface area (Å²) < 4.78 is 5.10. The molecule has 2 aromatic carbocycles. The maximum absolute atomic E-state index is 12.1. The standard InChI is InChI=1S/C17H18ClNO3/c1-22-11-13-14(18)8-5-9-15(13)19-17(21)10-16(20)12-6-3-2-4-7-12/h2-9,16,20H,10-11H2,1H3,(H,19,21). The molecule has 4 nitrogen and oxygen atoms in total. The lowest BCUT2D eigenvalue weighted by Crippen LogP contribution is -2.16. The molecule has 0 saturated heterocycles. The first kappa shape index (κ1) is 16.5. The van der Waals surface area contributed by atoms with E-state index in [0.29, 0.717) is 28.4 Å². The molecule has 116 valence electrons. The minimum atomic E-state index is -0.841. The van der Waals surface area contributed by atoms with Crippen LogP contribution in [0, 0.1) is 0 Å². The van der Waals surface area contributed by atoms with Crippen LogP contribution >= 0.6 is 11.6 Å². The summed E-state index contributed by atoms with van der Waals surface area (Å²) in [4.78, 5) is 12.1. The molecule has 0 fully saturated rings. The van der Waals surface area contributed by atoms with Gasteiger partial charge in [0.05, 0.1) is 19.1 Å². The van der Waals surface area contributed by atoms with Crippen LogP contribution in [0.1, 0.15) is 23.7 Å². The number of ether oxygens (including phenoxy) is 1. The fourth-order valence-electron chi connectivity index (χ4n) is 2.14. The quantitative estimate of drug-likeness (QED) is 0.856. The SMILES string of the molecule is COCc1c(Cl)cccc1NC(=O)CC(O)c1ccccc1. The maximum atomic E-state index is 12.1. The molecule has 0 aliphatic carbocycles. The molecule has 0 spiro atoms. The molecule has 0 heterocycles. The third kappa shape index (κ3) is 4.31. The van der Waals surface area contributed by atoms with Crippen LogP contribution in [0.15, 0.2) is 48.5 Å². The van der Waals surface area contributed by atoms with E-state index in [1.807, 2.05) is 18.2 Å². The Morgan fingerprint density at radius 2 is 1.95 bits per heavy atom. The van der Waals surface area contributed by atoms with Gasteiger partial charge in [0.1, 0.15) is 0 Å². The van der Waals surface area contributed by atoms with Crippen molar-refractivity contribution in [3.8, 4) is 0 Å². The molecule has 5 heteroatoms. The van der Waals surface area contributed by atoms with Crippen molar-refractivity contribution in [3.63, 3.8) is 0 Å². The summed E-state index contributed by atoms with van der Waals surface area (Å²) in [5.74, 6) is -0.282. The molecule has 0 aliphatic heterocycles. The molecular weight excluding hydrogens is 302 g/mol. The first-order valence-corrected chi connectivity index (χ1v) is 7.28. The highest BCUT2D eigenvalue weighted by molar-refractivity contribution is 6.31. The first-order chi connectivity index (χ1) is 10.6. The van der Waals surface area contributed by atoms with Gasteiger partial charge in [0, 0.05) is 23.4 Å². The van der Waals surface area contributed by atoms with Crippen LogP contribution < -0.4 is 5.32 Å². The molecule has 1 atom stereocenters. The van der Waals surface area contributed by atoms with Crippen molar-refractivity contribution in [3.05, 3.63) is 64.7 Å². The second-order valence-electron chi connectivity index (χ2n) is 4.88. The van der Waals surface area contributed by atoms with Gasteiger partial charge in [-0.1, -0.05) is 48.0 Å². The van der Waals surface area contributed by atoms with E-state index in [0.717, 1.165) is 0 Å². The summed E-state index contributed by atoms with van der Waals surface area (Å²) in [6.07, 6.45) is -0.866. The van der Waals surface area contributed by atoms with Crippen LogP contribution in [0.3, 0.4) is 0 Å². The van der Waals surface area contributed by atoms with E-state index >= 15 is 0 Å². The summed E-state index contributed by atoms with van der Waals surface area (Å²) in [6.45, 7) is 0.302. The van der Waals surface area contributed by atoms with E-state index in [1.54, 1.807) is 37.4 Å². The number of nitrogens with one attached hydrogen (secondary N) is 1. The van der Waals surface area contributed by atoms with Crippen molar-refractivity contribution >= 4 is 23.2 Å². The molecule has 0 aliphatic rings. The van der Waals surface area contributed by atoms with Crippen LogP contribution in [-0.2, 0) is 16.1 Å². The van der Waals surface area contributed by atoms with Crippen LogP contribution in [-0.4, -0.2) is 18.1 Å². The fraction of sp³-hybridized carbons (Fsp3) is 0.235. The average molecular weight is 320 g/mol. The number of benzene rings is 2. The Morgan fingerprint density at radius 1 is 1.23 bits per heavy atom. The lowest BCUT2D eigenvalue weighted by molar-refractivity contribution is -0.118. The molecule has 1 unspecified atom stereocenters. The Labute approximate surface area is 134 Å². The fourth-order valence-corrected chi connectivity index (χ4v) is 2.37. The monoisotopic (exact) mass is 319 g/mol. The molecule has 2 aromatic rings. The molecule has 2 rings (SSSR count). The van der Waals surface area contributed by atoms with Gasteiger partial charge in [-0.3, -0.25) is 4.79 Å². The number of carbonyl (C=O) groups is 1. The molecule has 2 N–H and O–H groups in total. The summed E-state index contributed by atoms with van der Waals surface area (Å²) in [6, 6.07) is 14.3. The third-order valence-corrected chi connectivity index (χ3v) is 3.60. The van der Waals surface area contributed by atoms with Gasteiger partial charge in [-0.15, -0.1) is 0 Å². The van der Waals surface area contributed by atoms with E-state index < -0.39 is 6.10 Å². The number of amides is 1. The lowest BCUT2D eigenvalue weighted by atomic mass is 10.1. The van der Waals surface area contributed by atoms with E-state index in [9.17, 15) is 9.90 Å². The number of carbonyl (C=O) groups excluding carboxylic acids is 1. The zero-order valence-corrected chi connectivity index (χ0v) is 13.0. The second kappa shape index (κ2) is 7.94. The van der Waals surface area contributed by atoms with Gasteiger partial charge >= 0.3 is 0 Å². The van der Waals surface area contributed by atoms with Gasteiger partial charge in [0.15, 0.2) is 0 Å². The molecular formula is C17H18ClNO3. The minimum absolute atomic E-state index is 0.0249. The molecule has 0 saturated carbocycles. The number of hydrogen-bond acceptors (Lipinski definition) is 3. The highest BCUT2D eigenvalue weighted by atomic mass is 35.5. The van der Waals surface area contributed by atoms with Gasteiger partial charge in [0.2, 0.25) is 5.91 Å². The van der Waals surface area contributed by atoms with Crippen LogP contribution in [0.5, 0.6) is 0 Å². The third-order valence-electron chi connectivity index (χ3n) is 3.24. The first-order valence-electron chi connectivity index (χ1n) is 6.91. The van der Waals surface area contributed by atoms with Crippen molar-refractivity contribution in [2.75, 3.05) is 12.4 Å². The van der Waals surface area contributed by atoms with Crippen molar-refractivity contribution in [2.24, 2.45) is 0 Å². The Kier molecular flexibility index (Phi) is 5.95. The summed E-state index contributed by atoms with van der Waals surface area (Å²) >= 11 is 6.11. The minimum Gasteiger partial charge on any atom is -0.388 e. The van der Waals surface area contributed by atoms with Gasteiger partial charge in [-0.05, 0) is 17.7 Å². The molecule has 0 aromatic heterocycles. The number of aliphatic hydroxyl groups is 1. The molecule has 0 radical (unpaired) electrons. The number of anilines is 1. The smallest absolute Gasteiger partial charge is 0.227 e. The molecule has 0 bridgehead atoms. The van der Waals surface area contributed by atoms with Crippen molar-refractivity contribution in [1.29, 1.82) is 0 Å². The summed E-state index contributed by atoms with van der Waals surface area (Å²) in [5.41, 5.74) is 2.02. The number of rotatable bonds is 6. The second-order valence-corrected chi connectivity index (χ2v) is 5.28. The van der Waals surface area contributed by atoms with Crippen LogP contribution in [0.2, 0.25) is 5.02 Å². The van der Waals surface area contributed by atoms with Gasteiger partial charge < -0.3 is 15.2 Å². The van der Waals surface area contributed by atoms with Crippen molar-refractivity contribution in [1.82, 2.24) is 0 Å². The predicted octanol–water partition coefficient (Wildman–Crippen LogP) is 3.55. The molecule has 22 heavy (non-hydrogen) atoms. The van der Waals surface area contributed by atoms with Gasteiger partial charge in [-0.25, -0.2) is 0 Å². The zero-order chi connectivity index (χ0) is 15.9. The number of aliphatic hydroxyl groups excluding tert-OH is 1. The Hall–Kier alpha value is -1.88. The highest BCUT2D eigenvalue weighted by Crippen LogP contribution is 2.26. The average Bonchev–Trinajstić information content (AvgIpc) is 2.51. The van der Waals surface area contributed by atoms with Gasteiger partial charge in [0.25, 0.3) is 0 Å². The van der Waals surface area contributed by atoms with Crippen molar-refractivity contribution < 1.29 is 14.6 Å². The number of hydrogen-bond donors (Lipinski definition) is 2. The normalized spacial score (nSPS) is 12.0. The van der Waals surface area contributed by atoms with E-state index in [1.165, 1.54) is 0 Å². The topological polar surface area (TPSA) is 58.6 Å². The zero-order valence-electron chi connectivity index (χ0n) is 12.3. The highest BCUT2D eigenvalue weighted by Gasteiger charge is 2.15. The van der Waals surface area contributed by atoms with E-state index in [2.05, 4.69) is 5.32 Å². The maximum Gasteiger partial charge on any atom is 0.227 e. The number of methoxy groups -OCH3 is 1. The van der Waals surface area contributed by atoms with E-state index in [-0.39, 0.29) is 12.3 Å². The lowest BCUT2D eigenvalue weighted by Gasteiger charge is -2.14. The summed E-state index contributed by atoms with van der Waals surface area (Å²) in [7, 11) is 1.56. The number of halogens is 1. The van der Waals surface area contributed by atoms with Crippen molar-refractivity contribution in [2.45, 2.75) is 19.1 Å². The summed E-state index contributed by atoms with van der Waals surface area (Å²) in [5, 5.41) is 13.4.